The van der Waals surface area contributed by atoms with Gasteiger partial charge in [-0.25, -0.2) is 9.97 Å². The second kappa shape index (κ2) is 4.53. The molecule has 0 saturated heterocycles. The van der Waals surface area contributed by atoms with E-state index in [-0.39, 0.29) is 5.75 Å². The molecule has 4 aromatic rings. The standard InChI is InChI=1S/C17H12FN3O/c1-9-6-10-7-11(16(22)8-15(10)19-9)12-2-3-14-13(20-12)4-5-17(18)21-14/h2-8,19,22H,1H3. The molecule has 0 fully saturated rings. The average Bonchev–Trinajstić information content (AvgIpc) is 2.85. The first-order valence-corrected chi connectivity index (χ1v) is 6.86. The lowest BCUT2D eigenvalue weighted by Crippen LogP contribution is -1.90. The zero-order valence-electron chi connectivity index (χ0n) is 11.8. The summed E-state index contributed by atoms with van der Waals surface area (Å²) in [5.41, 5.74) is 4.24. The monoisotopic (exact) mass is 293 g/mol. The van der Waals surface area contributed by atoms with Crippen LogP contribution in [0.4, 0.5) is 4.39 Å². The molecule has 0 saturated carbocycles. The summed E-state index contributed by atoms with van der Waals surface area (Å²) in [7, 11) is 0. The lowest BCUT2D eigenvalue weighted by atomic mass is 10.1. The van der Waals surface area contributed by atoms with Gasteiger partial charge in [0.15, 0.2) is 0 Å². The van der Waals surface area contributed by atoms with Crippen molar-refractivity contribution in [3.05, 3.63) is 54.1 Å². The fourth-order valence-corrected chi connectivity index (χ4v) is 2.65. The number of aryl methyl sites for hydroxylation is 1. The molecule has 0 aliphatic heterocycles. The van der Waals surface area contributed by atoms with Gasteiger partial charge in [0.25, 0.3) is 0 Å². The lowest BCUT2D eigenvalue weighted by Gasteiger charge is -2.06. The maximum atomic E-state index is 13.1. The molecule has 4 rings (SSSR count). The van der Waals surface area contributed by atoms with E-state index in [2.05, 4.69) is 15.0 Å². The van der Waals surface area contributed by atoms with Crippen molar-refractivity contribution in [3.63, 3.8) is 0 Å². The molecule has 0 amide bonds. The van der Waals surface area contributed by atoms with Gasteiger partial charge in [-0.15, -0.1) is 0 Å². The SMILES string of the molecule is Cc1cc2cc(-c3ccc4nc(F)ccc4n3)c(O)cc2[nH]1. The molecule has 3 heterocycles. The van der Waals surface area contributed by atoms with Gasteiger partial charge in [-0.05, 0) is 43.3 Å². The first kappa shape index (κ1) is 12.8. The Morgan fingerprint density at radius 3 is 2.64 bits per heavy atom. The van der Waals surface area contributed by atoms with Crippen LogP contribution >= 0.6 is 0 Å². The number of benzene rings is 1. The highest BCUT2D eigenvalue weighted by Gasteiger charge is 2.10. The highest BCUT2D eigenvalue weighted by Crippen LogP contribution is 2.33. The van der Waals surface area contributed by atoms with Gasteiger partial charge < -0.3 is 10.1 Å². The van der Waals surface area contributed by atoms with Crippen LogP contribution in [0.2, 0.25) is 0 Å². The predicted octanol–water partition coefficient (Wildman–Crippen LogP) is 3.93. The molecule has 108 valence electrons. The van der Waals surface area contributed by atoms with Gasteiger partial charge in [0, 0.05) is 28.2 Å². The molecular weight excluding hydrogens is 281 g/mol. The Morgan fingerprint density at radius 1 is 1.00 bits per heavy atom. The summed E-state index contributed by atoms with van der Waals surface area (Å²) in [5, 5.41) is 11.3. The van der Waals surface area contributed by atoms with Crippen LogP contribution in [0.1, 0.15) is 5.69 Å². The molecule has 2 N–H and O–H groups in total. The van der Waals surface area contributed by atoms with E-state index in [0.717, 1.165) is 16.6 Å². The van der Waals surface area contributed by atoms with Crippen LogP contribution in [0.5, 0.6) is 5.75 Å². The van der Waals surface area contributed by atoms with Crippen molar-refractivity contribution in [1.29, 1.82) is 0 Å². The number of aromatic amines is 1. The van der Waals surface area contributed by atoms with Gasteiger partial charge in [-0.3, -0.25) is 0 Å². The Morgan fingerprint density at radius 2 is 1.77 bits per heavy atom. The van der Waals surface area contributed by atoms with Crippen LogP contribution in [-0.2, 0) is 0 Å². The third kappa shape index (κ3) is 1.98. The molecule has 0 radical (unpaired) electrons. The summed E-state index contributed by atoms with van der Waals surface area (Å²) in [6.07, 6.45) is 0. The number of halogens is 1. The molecule has 5 heteroatoms. The van der Waals surface area contributed by atoms with Gasteiger partial charge in [0.2, 0.25) is 5.95 Å². The van der Waals surface area contributed by atoms with Crippen LogP contribution in [-0.4, -0.2) is 20.1 Å². The molecule has 0 bridgehead atoms. The number of hydrogen-bond acceptors (Lipinski definition) is 3. The average molecular weight is 293 g/mol. The number of phenolic OH excluding ortho intramolecular Hbond substituents is 1. The molecule has 0 unspecified atom stereocenters. The number of hydrogen-bond donors (Lipinski definition) is 2. The smallest absolute Gasteiger partial charge is 0.213 e. The van der Waals surface area contributed by atoms with Crippen molar-refractivity contribution in [3.8, 4) is 17.0 Å². The van der Waals surface area contributed by atoms with Crippen molar-refractivity contribution >= 4 is 21.9 Å². The number of pyridine rings is 2. The molecule has 0 aliphatic rings. The quantitative estimate of drug-likeness (QED) is 0.523. The normalized spacial score (nSPS) is 11.4. The van der Waals surface area contributed by atoms with E-state index in [0.29, 0.717) is 22.3 Å². The first-order chi connectivity index (χ1) is 10.6. The molecular formula is C17H12FN3O. The summed E-state index contributed by atoms with van der Waals surface area (Å²) in [4.78, 5) is 11.4. The second-order valence-corrected chi connectivity index (χ2v) is 5.28. The maximum Gasteiger partial charge on any atom is 0.213 e. The first-order valence-electron chi connectivity index (χ1n) is 6.86. The van der Waals surface area contributed by atoms with Crippen molar-refractivity contribution in [2.45, 2.75) is 6.92 Å². The summed E-state index contributed by atoms with van der Waals surface area (Å²) < 4.78 is 13.1. The third-order valence-corrected chi connectivity index (χ3v) is 3.66. The minimum atomic E-state index is -0.533. The number of rotatable bonds is 1. The Bertz CT molecular complexity index is 1020. The zero-order valence-corrected chi connectivity index (χ0v) is 11.8. The largest absolute Gasteiger partial charge is 0.507 e. The minimum Gasteiger partial charge on any atom is -0.507 e. The lowest BCUT2D eigenvalue weighted by molar-refractivity contribution is 0.478. The van der Waals surface area contributed by atoms with E-state index >= 15 is 0 Å². The van der Waals surface area contributed by atoms with Crippen molar-refractivity contribution in [1.82, 2.24) is 15.0 Å². The van der Waals surface area contributed by atoms with Crippen molar-refractivity contribution in [2.75, 3.05) is 0 Å². The van der Waals surface area contributed by atoms with E-state index < -0.39 is 5.95 Å². The Hall–Kier alpha value is -2.95. The zero-order chi connectivity index (χ0) is 15.3. The molecule has 4 nitrogen and oxygen atoms in total. The Balaban J connectivity index is 1.93. The fraction of sp³-hybridized carbons (Fsp3) is 0.0588. The molecule has 1 aromatic carbocycles. The summed E-state index contributed by atoms with van der Waals surface area (Å²) in [6, 6.07) is 11.9. The van der Waals surface area contributed by atoms with Crippen LogP contribution in [0, 0.1) is 12.9 Å². The number of phenols is 1. The van der Waals surface area contributed by atoms with E-state index in [1.807, 2.05) is 19.1 Å². The van der Waals surface area contributed by atoms with Gasteiger partial charge in [-0.1, -0.05) is 0 Å². The summed E-state index contributed by atoms with van der Waals surface area (Å²) in [5.74, 6) is -0.384. The Labute approximate surface area is 125 Å². The van der Waals surface area contributed by atoms with Gasteiger partial charge in [0.05, 0.1) is 16.7 Å². The minimum absolute atomic E-state index is 0.149. The van der Waals surface area contributed by atoms with Crippen LogP contribution in [0.15, 0.2) is 42.5 Å². The van der Waals surface area contributed by atoms with Crippen LogP contribution in [0.3, 0.4) is 0 Å². The topological polar surface area (TPSA) is 61.8 Å². The van der Waals surface area contributed by atoms with E-state index in [1.54, 1.807) is 24.3 Å². The van der Waals surface area contributed by atoms with Crippen molar-refractivity contribution in [2.24, 2.45) is 0 Å². The summed E-state index contributed by atoms with van der Waals surface area (Å²) >= 11 is 0. The molecule has 22 heavy (non-hydrogen) atoms. The number of aromatic nitrogens is 3. The maximum absolute atomic E-state index is 13.1. The van der Waals surface area contributed by atoms with E-state index in [4.69, 9.17) is 0 Å². The summed E-state index contributed by atoms with van der Waals surface area (Å²) in [6.45, 7) is 1.96. The number of nitrogens with one attached hydrogen (secondary N) is 1. The predicted molar refractivity (Wildman–Crippen MR) is 83.2 cm³/mol. The highest BCUT2D eigenvalue weighted by molar-refractivity contribution is 5.89. The third-order valence-electron chi connectivity index (χ3n) is 3.66. The fourth-order valence-electron chi connectivity index (χ4n) is 2.65. The van der Waals surface area contributed by atoms with Gasteiger partial charge >= 0.3 is 0 Å². The number of aromatic hydroxyl groups is 1. The molecule has 3 aromatic heterocycles. The molecule has 0 aliphatic carbocycles. The second-order valence-electron chi connectivity index (χ2n) is 5.28. The number of H-pyrrole nitrogens is 1. The van der Waals surface area contributed by atoms with Gasteiger partial charge in [-0.2, -0.15) is 4.39 Å². The highest BCUT2D eigenvalue weighted by atomic mass is 19.1. The van der Waals surface area contributed by atoms with E-state index in [9.17, 15) is 9.50 Å². The van der Waals surface area contributed by atoms with Crippen LogP contribution in [0.25, 0.3) is 33.2 Å². The van der Waals surface area contributed by atoms with Crippen LogP contribution < -0.4 is 0 Å². The number of nitrogens with zero attached hydrogens (tertiary/aromatic N) is 2. The molecule has 0 atom stereocenters. The van der Waals surface area contributed by atoms with Gasteiger partial charge in [0.1, 0.15) is 5.75 Å². The molecule has 0 spiro atoms. The Kier molecular flexibility index (Phi) is 2.63. The van der Waals surface area contributed by atoms with Crippen molar-refractivity contribution < 1.29 is 9.50 Å². The van der Waals surface area contributed by atoms with E-state index in [1.165, 1.54) is 6.07 Å². The number of fused-ring (bicyclic) bond motifs is 2.